The van der Waals surface area contributed by atoms with E-state index in [0.29, 0.717) is 0 Å². The van der Waals surface area contributed by atoms with Gasteiger partial charge in [-0.05, 0) is 57.6 Å². The van der Waals surface area contributed by atoms with Gasteiger partial charge in [0.15, 0.2) is 0 Å². The lowest BCUT2D eigenvalue weighted by Crippen LogP contribution is -1.89. The molecule has 4 aromatic rings. The summed E-state index contributed by atoms with van der Waals surface area (Å²) in [4.78, 5) is 0. The Morgan fingerprint density at radius 2 is 1.27 bits per heavy atom. The Morgan fingerprint density at radius 1 is 0.545 bits per heavy atom. The maximum absolute atomic E-state index is 2.26. The lowest BCUT2D eigenvalue weighted by atomic mass is 9.90. The van der Waals surface area contributed by atoms with Gasteiger partial charge >= 0.3 is 0 Å². The lowest BCUT2D eigenvalue weighted by Gasteiger charge is -2.14. The first kappa shape index (κ1) is 13.1. The van der Waals surface area contributed by atoms with Crippen LogP contribution in [-0.4, -0.2) is 0 Å². The second-order valence-electron chi connectivity index (χ2n) is 5.94. The third-order valence-electron chi connectivity index (χ3n) is 4.60. The van der Waals surface area contributed by atoms with Crippen molar-refractivity contribution in [3.8, 4) is 11.1 Å². The number of benzene rings is 4. The molecule has 0 saturated heterocycles. The third kappa shape index (κ3) is 1.92. The summed E-state index contributed by atoms with van der Waals surface area (Å²) in [5, 5.41) is 5.32. The molecule has 0 aliphatic rings. The standard InChI is InChI=1S/C22H18/c1-15-7-5-9-18-10-6-12-21(22(15)18)20-14-13-17-8-3-4-11-19(17)16(20)2/h3-14H,1-2H3. The van der Waals surface area contributed by atoms with Crippen LogP contribution in [0.1, 0.15) is 11.1 Å². The molecule has 0 N–H and O–H groups in total. The molecule has 0 amide bonds. The van der Waals surface area contributed by atoms with Crippen LogP contribution in [-0.2, 0) is 0 Å². The van der Waals surface area contributed by atoms with Gasteiger partial charge < -0.3 is 0 Å². The van der Waals surface area contributed by atoms with E-state index >= 15 is 0 Å². The molecule has 0 spiro atoms. The van der Waals surface area contributed by atoms with E-state index < -0.39 is 0 Å². The molecule has 0 radical (unpaired) electrons. The van der Waals surface area contributed by atoms with E-state index in [1.807, 2.05) is 0 Å². The first-order valence-electron chi connectivity index (χ1n) is 7.73. The molecule has 4 rings (SSSR count). The van der Waals surface area contributed by atoms with Gasteiger partial charge in [-0.25, -0.2) is 0 Å². The molecule has 0 aliphatic heterocycles. The summed E-state index contributed by atoms with van der Waals surface area (Å²) >= 11 is 0. The van der Waals surface area contributed by atoms with Crippen LogP contribution < -0.4 is 0 Å². The van der Waals surface area contributed by atoms with E-state index in [-0.39, 0.29) is 0 Å². The van der Waals surface area contributed by atoms with Gasteiger partial charge in [0.25, 0.3) is 0 Å². The van der Waals surface area contributed by atoms with Crippen LogP contribution in [0, 0.1) is 13.8 Å². The van der Waals surface area contributed by atoms with Crippen molar-refractivity contribution in [2.75, 3.05) is 0 Å². The first-order chi connectivity index (χ1) is 10.8. The van der Waals surface area contributed by atoms with Crippen molar-refractivity contribution in [3.05, 3.63) is 83.9 Å². The second-order valence-corrected chi connectivity index (χ2v) is 5.94. The highest BCUT2D eigenvalue weighted by atomic mass is 14.1. The van der Waals surface area contributed by atoms with Crippen molar-refractivity contribution >= 4 is 21.5 Å². The van der Waals surface area contributed by atoms with E-state index in [0.717, 1.165) is 0 Å². The SMILES string of the molecule is Cc1c(-c2cccc3cccc(C)c23)ccc2ccccc12. The molecule has 0 unspecified atom stereocenters. The molecule has 0 fully saturated rings. The average Bonchev–Trinajstić information content (AvgIpc) is 2.55. The van der Waals surface area contributed by atoms with Crippen molar-refractivity contribution in [3.63, 3.8) is 0 Å². The molecule has 22 heavy (non-hydrogen) atoms. The van der Waals surface area contributed by atoms with Crippen LogP contribution in [0.3, 0.4) is 0 Å². The van der Waals surface area contributed by atoms with E-state index in [1.165, 1.54) is 43.8 Å². The summed E-state index contributed by atoms with van der Waals surface area (Å²) in [5.41, 5.74) is 5.35. The zero-order valence-electron chi connectivity index (χ0n) is 12.9. The highest BCUT2D eigenvalue weighted by molar-refractivity contribution is 6.02. The van der Waals surface area contributed by atoms with Crippen LogP contribution in [0.2, 0.25) is 0 Å². The normalized spacial score (nSPS) is 11.2. The van der Waals surface area contributed by atoms with Gasteiger partial charge in [0.05, 0.1) is 0 Å². The van der Waals surface area contributed by atoms with Crippen molar-refractivity contribution in [1.82, 2.24) is 0 Å². The summed E-state index contributed by atoms with van der Waals surface area (Å²) in [6, 6.07) is 26.2. The Bertz CT molecular complexity index is 988. The molecule has 106 valence electrons. The van der Waals surface area contributed by atoms with E-state index in [2.05, 4.69) is 86.6 Å². The van der Waals surface area contributed by atoms with Gasteiger partial charge in [0, 0.05) is 0 Å². The molecular formula is C22H18. The monoisotopic (exact) mass is 282 g/mol. The zero-order valence-corrected chi connectivity index (χ0v) is 12.9. The average molecular weight is 282 g/mol. The molecular weight excluding hydrogens is 264 g/mol. The molecule has 0 aromatic heterocycles. The van der Waals surface area contributed by atoms with E-state index in [4.69, 9.17) is 0 Å². The molecule has 0 heterocycles. The Morgan fingerprint density at radius 3 is 2.14 bits per heavy atom. The summed E-state index contributed by atoms with van der Waals surface area (Å²) in [5.74, 6) is 0. The number of rotatable bonds is 1. The highest BCUT2D eigenvalue weighted by Crippen LogP contribution is 2.35. The molecule has 0 aliphatic carbocycles. The second kappa shape index (κ2) is 4.99. The third-order valence-corrected chi connectivity index (χ3v) is 4.60. The predicted molar refractivity (Wildman–Crippen MR) is 96.4 cm³/mol. The summed E-state index contributed by atoms with van der Waals surface area (Å²) < 4.78 is 0. The zero-order chi connectivity index (χ0) is 15.1. The van der Waals surface area contributed by atoms with E-state index in [1.54, 1.807) is 0 Å². The Kier molecular flexibility index (Phi) is 2.97. The predicted octanol–water partition coefficient (Wildman–Crippen LogP) is 6.28. The fourth-order valence-electron chi connectivity index (χ4n) is 3.47. The Hall–Kier alpha value is -2.60. The molecule has 0 heteroatoms. The first-order valence-corrected chi connectivity index (χ1v) is 7.73. The van der Waals surface area contributed by atoms with Crippen molar-refractivity contribution < 1.29 is 0 Å². The fraction of sp³-hybridized carbons (Fsp3) is 0.0909. The highest BCUT2D eigenvalue weighted by Gasteiger charge is 2.10. The minimum absolute atomic E-state index is 1.31. The number of fused-ring (bicyclic) bond motifs is 2. The van der Waals surface area contributed by atoms with Gasteiger partial charge in [0.2, 0.25) is 0 Å². The van der Waals surface area contributed by atoms with Crippen LogP contribution >= 0.6 is 0 Å². The lowest BCUT2D eigenvalue weighted by molar-refractivity contribution is 1.49. The van der Waals surface area contributed by atoms with Gasteiger partial charge in [-0.1, -0.05) is 72.8 Å². The minimum atomic E-state index is 1.31. The molecule has 0 nitrogen and oxygen atoms in total. The number of hydrogen-bond donors (Lipinski definition) is 0. The number of hydrogen-bond acceptors (Lipinski definition) is 0. The molecule has 4 aromatic carbocycles. The number of aryl methyl sites for hydroxylation is 2. The molecule has 0 saturated carbocycles. The maximum Gasteiger partial charge on any atom is -0.00760 e. The summed E-state index contributed by atoms with van der Waals surface area (Å²) in [7, 11) is 0. The quantitative estimate of drug-likeness (QED) is 0.385. The Balaban J connectivity index is 2.10. The van der Waals surface area contributed by atoms with Crippen LogP contribution in [0.5, 0.6) is 0 Å². The van der Waals surface area contributed by atoms with Gasteiger partial charge in [-0.3, -0.25) is 0 Å². The van der Waals surface area contributed by atoms with Crippen molar-refractivity contribution in [1.29, 1.82) is 0 Å². The van der Waals surface area contributed by atoms with Gasteiger partial charge in [0.1, 0.15) is 0 Å². The summed E-state index contributed by atoms with van der Waals surface area (Å²) in [6.07, 6.45) is 0. The fourth-order valence-corrected chi connectivity index (χ4v) is 3.47. The van der Waals surface area contributed by atoms with Gasteiger partial charge in [-0.15, -0.1) is 0 Å². The van der Waals surface area contributed by atoms with E-state index in [9.17, 15) is 0 Å². The smallest absolute Gasteiger partial charge is 0.00760 e. The molecule has 0 atom stereocenters. The minimum Gasteiger partial charge on any atom is -0.0616 e. The molecule has 0 bridgehead atoms. The Labute approximate surface area is 131 Å². The van der Waals surface area contributed by atoms with Crippen molar-refractivity contribution in [2.24, 2.45) is 0 Å². The van der Waals surface area contributed by atoms with Crippen molar-refractivity contribution in [2.45, 2.75) is 13.8 Å². The van der Waals surface area contributed by atoms with Gasteiger partial charge in [-0.2, -0.15) is 0 Å². The summed E-state index contributed by atoms with van der Waals surface area (Å²) in [6.45, 7) is 4.43. The largest absolute Gasteiger partial charge is 0.0616 e. The van der Waals surface area contributed by atoms with Crippen LogP contribution in [0.4, 0.5) is 0 Å². The maximum atomic E-state index is 2.26. The van der Waals surface area contributed by atoms with Crippen LogP contribution in [0.15, 0.2) is 72.8 Å². The van der Waals surface area contributed by atoms with Crippen LogP contribution in [0.25, 0.3) is 32.7 Å². The topological polar surface area (TPSA) is 0 Å².